The zero-order valence-corrected chi connectivity index (χ0v) is 13.3. The van der Waals surface area contributed by atoms with Gasteiger partial charge in [-0.3, -0.25) is 9.59 Å². The van der Waals surface area contributed by atoms with Gasteiger partial charge in [0.05, 0.1) is 11.9 Å². The molecule has 0 radical (unpaired) electrons. The van der Waals surface area contributed by atoms with Gasteiger partial charge in [-0.2, -0.15) is 0 Å². The second kappa shape index (κ2) is 6.07. The Labute approximate surface area is 142 Å². The maximum absolute atomic E-state index is 12.8. The van der Waals surface area contributed by atoms with Gasteiger partial charge < -0.3 is 5.11 Å². The molecule has 0 unspecified atom stereocenters. The van der Waals surface area contributed by atoms with E-state index in [0.717, 1.165) is 0 Å². The summed E-state index contributed by atoms with van der Waals surface area (Å²) in [5.41, 5.74) is 1.74. The monoisotopic (exact) mass is 347 g/mol. The Kier molecular flexibility index (Phi) is 4.11. The molecule has 1 N–H and O–H groups in total. The molecular formula is C17H11Cl2NO3. The highest BCUT2D eigenvalue weighted by molar-refractivity contribution is 6.37. The van der Waals surface area contributed by atoms with E-state index in [1.165, 1.54) is 4.09 Å². The van der Waals surface area contributed by atoms with Crippen LogP contribution in [0.2, 0.25) is 5.15 Å². The number of nitrogens with zero attached hydrogens (tertiary/aromatic N) is 1. The van der Waals surface area contributed by atoms with Gasteiger partial charge >= 0.3 is 5.97 Å². The Morgan fingerprint density at radius 2 is 1.74 bits per heavy atom. The van der Waals surface area contributed by atoms with Gasteiger partial charge in [-0.05, 0) is 6.07 Å². The fourth-order valence-electron chi connectivity index (χ4n) is 2.60. The molecule has 0 saturated carbocycles. The molecule has 2 aromatic carbocycles. The smallest absolute Gasteiger partial charge is 0.307 e. The van der Waals surface area contributed by atoms with Gasteiger partial charge in [-0.25, -0.2) is 4.09 Å². The number of aliphatic carboxylic acids is 1. The van der Waals surface area contributed by atoms with Crippen molar-refractivity contribution in [1.29, 1.82) is 0 Å². The Morgan fingerprint density at radius 3 is 2.39 bits per heavy atom. The molecule has 116 valence electrons. The summed E-state index contributed by atoms with van der Waals surface area (Å²) >= 11 is 12.3. The lowest BCUT2D eigenvalue weighted by Gasteiger charge is -2.05. The second-order valence-corrected chi connectivity index (χ2v) is 5.71. The zero-order chi connectivity index (χ0) is 16.6. The first-order chi connectivity index (χ1) is 11.0. The fourth-order valence-corrected chi connectivity index (χ4v) is 3.09. The minimum Gasteiger partial charge on any atom is -0.481 e. The highest BCUT2D eigenvalue weighted by Crippen LogP contribution is 2.34. The lowest BCUT2D eigenvalue weighted by atomic mass is 9.97. The standard InChI is InChI=1S/C17H11Cl2NO3/c18-17-12(9-14(21)22)15-11(7-4-8-13(15)20(17)19)16(23)10-5-2-1-3-6-10/h1-8H,9H2,(H,21,22). The van der Waals surface area contributed by atoms with Crippen LogP contribution in [-0.2, 0) is 11.2 Å². The number of rotatable bonds is 4. The number of hydrogen-bond donors (Lipinski definition) is 1. The van der Waals surface area contributed by atoms with Crippen LogP contribution in [0.3, 0.4) is 0 Å². The number of carboxylic acid groups (broad SMARTS) is 1. The number of carbonyl (C=O) groups is 2. The van der Waals surface area contributed by atoms with Crippen molar-refractivity contribution < 1.29 is 14.7 Å². The van der Waals surface area contributed by atoms with Crippen LogP contribution < -0.4 is 0 Å². The number of ketones is 1. The van der Waals surface area contributed by atoms with Crippen molar-refractivity contribution >= 4 is 46.0 Å². The third kappa shape index (κ3) is 2.71. The second-order valence-electron chi connectivity index (χ2n) is 5.02. The number of hydrogen-bond acceptors (Lipinski definition) is 2. The summed E-state index contributed by atoms with van der Waals surface area (Å²) in [4.78, 5) is 23.9. The van der Waals surface area contributed by atoms with Crippen LogP contribution in [0.25, 0.3) is 10.9 Å². The molecule has 3 aromatic rings. The van der Waals surface area contributed by atoms with Crippen LogP contribution in [0.1, 0.15) is 21.5 Å². The Balaban J connectivity index is 2.28. The van der Waals surface area contributed by atoms with Gasteiger partial charge in [0, 0.05) is 33.9 Å². The van der Waals surface area contributed by atoms with Crippen LogP contribution in [0, 0.1) is 0 Å². The van der Waals surface area contributed by atoms with E-state index in [-0.39, 0.29) is 17.4 Å². The number of fused-ring (bicyclic) bond motifs is 1. The van der Waals surface area contributed by atoms with E-state index >= 15 is 0 Å². The first kappa shape index (κ1) is 15.6. The van der Waals surface area contributed by atoms with Gasteiger partial charge in [0.2, 0.25) is 0 Å². The number of aromatic nitrogens is 1. The molecule has 4 nitrogen and oxygen atoms in total. The van der Waals surface area contributed by atoms with Crippen molar-refractivity contribution in [1.82, 2.24) is 4.09 Å². The topological polar surface area (TPSA) is 59.3 Å². The van der Waals surface area contributed by atoms with Gasteiger partial charge in [0.25, 0.3) is 0 Å². The van der Waals surface area contributed by atoms with Crippen molar-refractivity contribution in [2.75, 3.05) is 0 Å². The highest BCUT2D eigenvalue weighted by atomic mass is 35.5. The van der Waals surface area contributed by atoms with Gasteiger partial charge in [-0.15, -0.1) is 0 Å². The molecule has 1 aromatic heterocycles. The van der Waals surface area contributed by atoms with Crippen LogP contribution in [0.15, 0.2) is 48.5 Å². The normalized spacial score (nSPS) is 10.9. The van der Waals surface area contributed by atoms with Gasteiger partial charge in [-0.1, -0.05) is 54.1 Å². The SMILES string of the molecule is O=C(O)Cc1c(Cl)n(Cl)c2cccc(C(=O)c3ccccc3)c12. The number of carbonyl (C=O) groups excluding carboxylic acids is 1. The van der Waals surface area contributed by atoms with E-state index < -0.39 is 5.97 Å². The first-order valence-electron chi connectivity index (χ1n) is 6.80. The minimum atomic E-state index is -1.04. The summed E-state index contributed by atoms with van der Waals surface area (Å²) in [6.45, 7) is 0. The summed E-state index contributed by atoms with van der Waals surface area (Å²) in [7, 11) is 0. The average molecular weight is 348 g/mol. The quantitative estimate of drug-likeness (QED) is 0.721. The average Bonchev–Trinajstić information content (AvgIpc) is 2.80. The summed E-state index contributed by atoms with van der Waals surface area (Å²) in [5.74, 6) is -1.25. The molecule has 6 heteroatoms. The molecule has 0 bridgehead atoms. The highest BCUT2D eigenvalue weighted by Gasteiger charge is 2.22. The predicted octanol–water partition coefficient (Wildman–Crippen LogP) is 4.15. The largest absolute Gasteiger partial charge is 0.481 e. The van der Waals surface area contributed by atoms with E-state index in [1.807, 2.05) is 6.07 Å². The number of carboxylic acids is 1. The molecule has 0 amide bonds. The molecule has 0 aliphatic carbocycles. The molecule has 0 atom stereocenters. The molecule has 1 heterocycles. The summed E-state index contributed by atoms with van der Waals surface area (Å²) < 4.78 is 1.18. The third-order valence-corrected chi connectivity index (χ3v) is 4.42. The van der Waals surface area contributed by atoms with E-state index in [4.69, 9.17) is 28.5 Å². The van der Waals surface area contributed by atoms with E-state index in [1.54, 1.807) is 42.5 Å². The predicted molar refractivity (Wildman–Crippen MR) is 89.4 cm³/mol. The molecule has 23 heavy (non-hydrogen) atoms. The minimum absolute atomic E-state index is 0.109. The zero-order valence-electron chi connectivity index (χ0n) is 11.8. The van der Waals surface area contributed by atoms with Gasteiger partial charge in [0.15, 0.2) is 5.78 Å². The third-order valence-electron chi connectivity index (χ3n) is 3.59. The van der Waals surface area contributed by atoms with Crippen LogP contribution in [0.4, 0.5) is 0 Å². The van der Waals surface area contributed by atoms with Crippen molar-refractivity contribution in [2.24, 2.45) is 0 Å². The van der Waals surface area contributed by atoms with Crippen LogP contribution in [-0.4, -0.2) is 20.9 Å². The number of benzene rings is 2. The van der Waals surface area contributed by atoms with Crippen molar-refractivity contribution in [3.05, 3.63) is 70.4 Å². The Hall–Kier alpha value is -2.30. The van der Waals surface area contributed by atoms with E-state index in [2.05, 4.69) is 0 Å². The van der Waals surface area contributed by atoms with E-state index in [9.17, 15) is 9.59 Å². The summed E-state index contributed by atoms with van der Waals surface area (Å²) in [5, 5.41) is 9.70. The maximum atomic E-state index is 12.8. The molecule has 3 rings (SSSR count). The Morgan fingerprint density at radius 1 is 1.04 bits per heavy atom. The number of halogens is 2. The first-order valence-corrected chi connectivity index (χ1v) is 7.51. The lowest BCUT2D eigenvalue weighted by molar-refractivity contribution is -0.136. The lowest BCUT2D eigenvalue weighted by Crippen LogP contribution is -2.04. The molecule has 0 fully saturated rings. The fraction of sp³-hybridized carbons (Fsp3) is 0.0588. The molecular weight excluding hydrogens is 337 g/mol. The van der Waals surface area contributed by atoms with E-state index in [0.29, 0.717) is 27.6 Å². The van der Waals surface area contributed by atoms with Gasteiger partial charge in [0.1, 0.15) is 5.15 Å². The summed E-state index contributed by atoms with van der Waals surface area (Å²) in [6.07, 6.45) is -0.311. The molecule has 0 saturated heterocycles. The maximum Gasteiger partial charge on any atom is 0.307 e. The van der Waals surface area contributed by atoms with Crippen molar-refractivity contribution in [3.63, 3.8) is 0 Å². The van der Waals surface area contributed by atoms with Crippen molar-refractivity contribution in [3.8, 4) is 0 Å². The Bertz CT molecular complexity index is 916. The summed E-state index contributed by atoms with van der Waals surface area (Å²) in [6, 6.07) is 13.8. The molecule has 0 spiro atoms. The van der Waals surface area contributed by atoms with Crippen LogP contribution in [0.5, 0.6) is 0 Å². The van der Waals surface area contributed by atoms with Crippen LogP contribution >= 0.6 is 23.4 Å². The van der Waals surface area contributed by atoms with Crippen molar-refractivity contribution in [2.45, 2.75) is 6.42 Å². The molecule has 0 aliphatic heterocycles. The molecule has 0 aliphatic rings.